The number of nitrogens with one attached hydrogen (secondary N) is 1. The highest BCUT2D eigenvalue weighted by Gasteiger charge is 2.00. The van der Waals surface area contributed by atoms with Crippen LogP contribution in [0.2, 0.25) is 0 Å². The normalized spacial score (nSPS) is 12.3. The molecule has 1 heterocycles. The maximum Gasteiger partial charge on any atom is 0.0774 e. The number of benzene rings is 1. The molecule has 2 heteroatoms. The van der Waals surface area contributed by atoms with Crippen LogP contribution >= 0.6 is 0 Å². The van der Waals surface area contributed by atoms with E-state index in [0.29, 0.717) is 5.92 Å². The van der Waals surface area contributed by atoms with Gasteiger partial charge >= 0.3 is 0 Å². The molecule has 0 unspecified atom stereocenters. The molecule has 0 saturated carbocycles. The summed E-state index contributed by atoms with van der Waals surface area (Å²) in [6.45, 7) is 8.59. The SMILES string of the molecule is CC(=Cc1cccc2cccnc12)CNCC(C)C. The summed E-state index contributed by atoms with van der Waals surface area (Å²) in [7, 11) is 0. The Bertz CT molecular complexity index is 565. The monoisotopic (exact) mass is 254 g/mol. The van der Waals surface area contributed by atoms with Gasteiger partial charge in [0.15, 0.2) is 0 Å². The average molecular weight is 254 g/mol. The van der Waals surface area contributed by atoms with Gasteiger partial charge in [-0.15, -0.1) is 0 Å². The van der Waals surface area contributed by atoms with Crippen molar-refractivity contribution in [3.05, 3.63) is 47.7 Å². The molecule has 0 atom stereocenters. The summed E-state index contributed by atoms with van der Waals surface area (Å²) < 4.78 is 0. The Morgan fingerprint density at radius 3 is 2.84 bits per heavy atom. The van der Waals surface area contributed by atoms with Crippen LogP contribution in [0.1, 0.15) is 26.3 Å². The molecule has 0 saturated heterocycles. The van der Waals surface area contributed by atoms with Gasteiger partial charge in [-0.25, -0.2) is 0 Å². The Kier molecular flexibility index (Phi) is 4.69. The highest BCUT2D eigenvalue weighted by Crippen LogP contribution is 2.18. The largest absolute Gasteiger partial charge is 0.313 e. The first-order chi connectivity index (χ1) is 9.16. The molecule has 0 spiro atoms. The van der Waals surface area contributed by atoms with Crippen molar-refractivity contribution in [2.75, 3.05) is 13.1 Å². The summed E-state index contributed by atoms with van der Waals surface area (Å²) in [4.78, 5) is 4.48. The third kappa shape index (κ3) is 3.90. The van der Waals surface area contributed by atoms with E-state index in [0.717, 1.165) is 18.6 Å². The minimum absolute atomic E-state index is 0.687. The quantitative estimate of drug-likeness (QED) is 0.875. The van der Waals surface area contributed by atoms with Crippen LogP contribution < -0.4 is 5.32 Å². The fourth-order valence-electron chi connectivity index (χ4n) is 2.12. The first kappa shape index (κ1) is 13.8. The molecule has 0 fully saturated rings. The zero-order valence-electron chi connectivity index (χ0n) is 12.0. The lowest BCUT2D eigenvalue weighted by atomic mass is 10.1. The smallest absolute Gasteiger partial charge is 0.0774 e. The van der Waals surface area contributed by atoms with Crippen LogP contribution in [-0.2, 0) is 0 Å². The topological polar surface area (TPSA) is 24.9 Å². The number of pyridine rings is 1. The number of nitrogens with zero attached hydrogens (tertiary/aromatic N) is 1. The zero-order valence-corrected chi connectivity index (χ0v) is 12.0. The van der Waals surface area contributed by atoms with Gasteiger partial charge in [0, 0.05) is 23.7 Å². The molecule has 0 aliphatic rings. The van der Waals surface area contributed by atoms with Gasteiger partial charge in [0.2, 0.25) is 0 Å². The average Bonchev–Trinajstić information content (AvgIpc) is 2.39. The summed E-state index contributed by atoms with van der Waals surface area (Å²) in [6, 6.07) is 10.4. The van der Waals surface area contributed by atoms with E-state index < -0.39 is 0 Å². The first-order valence-corrected chi connectivity index (χ1v) is 6.88. The fraction of sp³-hybridized carbons (Fsp3) is 0.353. The number of para-hydroxylation sites is 1. The van der Waals surface area contributed by atoms with Crippen LogP contribution in [0.15, 0.2) is 42.1 Å². The fourth-order valence-corrected chi connectivity index (χ4v) is 2.12. The summed E-state index contributed by atoms with van der Waals surface area (Å²) in [5.41, 5.74) is 3.61. The van der Waals surface area contributed by atoms with E-state index in [1.54, 1.807) is 0 Å². The standard InChI is InChI=1S/C17H22N2/c1-13(2)11-18-12-14(3)10-16-7-4-6-15-8-5-9-19-17(15)16/h4-10,13,18H,11-12H2,1-3H3. The third-order valence-corrected chi connectivity index (χ3v) is 3.02. The van der Waals surface area contributed by atoms with Crippen molar-refractivity contribution in [1.82, 2.24) is 10.3 Å². The van der Waals surface area contributed by atoms with Crippen LogP contribution in [-0.4, -0.2) is 18.1 Å². The zero-order chi connectivity index (χ0) is 13.7. The van der Waals surface area contributed by atoms with Crippen molar-refractivity contribution >= 4 is 17.0 Å². The minimum Gasteiger partial charge on any atom is -0.313 e. The highest BCUT2D eigenvalue weighted by atomic mass is 14.8. The Morgan fingerprint density at radius 1 is 1.26 bits per heavy atom. The maximum absolute atomic E-state index is 4.48. The van der Waals surface area contributed by atoms with Gasteiger partial charge in [0.05, 0.1) is 5.52 Å². The van der Waals surface area contributed by atoms with Gasteiger partial charge in [-0.2, -0.15) is 0 Å². The number of rotatable bonds is 5. The summed E-state index contributed by atoms with van der Waals surface area (Å²) in [6.07, 6.45) is 4.08. The number of fused-ring (bicyclic) bond motifs is 1. The van der Waals surface area contributed by atoms with Crippen LogP contribution in [0.5, 0.6) is 0 Å². The van der Waals surface area contributed by atoms with Crippen LogP contribution in [0.4, 0.5) is 0 Å². The molecule has 2 nitrogen and oxygen atoms in total. The van der Waals surface area contributed by atoms with E-state index in [2.05, 4.69) is 61.4 Å². The lowest BCUT2D eigenvalue weighted by Crippen LogP contribution is -2.21. The predicted molar refractivity (Wildman–Crippen MR) is 83.1 cm³/mol. The Balaban J connectivity index is 2.15. The molecular weight excluding hydrogens is 232 g/mol. The van der Waals surface area contributed by atoms with Gasteiger partial charge in [-0.05, 0) is 25.5 Å². The molecule has 19 heavy (non-hydrogen) atoms. The second kappa shape index (κ2) is 6.48. The van der Waals surface area contributed by atoms with Crippen molar-refractivity contribution < 1.29 is 0 Å². The molecule has 100 valence electrons. The Hall–Kier alpha value is -1.67. The first-order valence-electron chi connectivity index (χ1n) is 6.88. The number of aromatic nitrogens is 1. The molecule has 0 radical (unpaired) electrons. The van der Waals surface area contributed by atoms with E-state index in [1.807, 2.05) is 12.3 Å². The van der Waals surface area contributed by atoms with Crippen LogP contribution in [0.3, 0.4) is 0 Å². The second-order valence-electron chi connectivity index (χ2n) is 5.44. The molecular formula is C17H22N2. The van der Waals surface area contributed by atoms with Gasteiger partial charge in [-0.3, -0.25) is 4.98 Å². The molecule has 2 rings (SSSR count). The summed E-state index contributed by atoms with van der Waals surface area (Å²) >= 11 is 0. The molecule has 0 aliphatic carbocycles. The molecule has 1 N–H and O–H groups in total. The van der Waals surface area contributed by atoms with E-state index >= 15 is 0 Å². The molecule has 2 aromatic rings. The van der Waals surface area contributed by atoms with Crippen molar-refractivity contribution in [2.24, 2.45) is 5.92 Å². The lowest BCUT2D eigenvalue weighted by Gasteiger charge is -2.08. The van der Waals surface area contributed by atoms with E-state index in [1.165, 1.54) is 16.5 Å². The third-order valence-electron chi connectivity index (χ3n) is 3.02. The van der Waals surface area contributed by atoms with Gasteiger partial charge in [0.25, 0.3) is 0 Å². The van der Waals surface area contributed by atoms with Crippen LogP contribution in [0, 0.1) is 5.92 Å². The molecule has 0 aliphatic heterocycles. The highest BCUT2D eigenvalue weighted by molar-refractivity contribution is 5.87. The van der Waals surface area contributed by atoms with E-state index in [9.17, 15) is 0 Å². The molecule has 1 aromatic carbocycles. The van der Waals surface area contributed by atoms with Gasteiger partial charge in [-0.1, -0.05) is 49.8 Å². The van der Waals surface area contributed by atoms with Crippen molar-refractivity contribution in [1.29, 1.82) is 0 Å². The number of hydrogen-bond donors (Lipinski definition) is 1. The molecule has 1 aromatic heterocycles. The van der Waals surface area contributed by atoms with Gasteiger partial charge < -0.3 is 5.32 Å². The minimum atomic E-state index is 0.687. The Labute approximate surface area is 115 Å². The van der Waals surface area contributed by atoms with E-state index in [-0.39, 0.29) is 0 Å². The lowest BCUT2D eigenvalue weighted by molar-refractivity contribution is 0.572. The number of hydrogen-bond acceptors (Lipinski definition) is 2. The maximum atomic E-state index is 4.48. The van der Waals surface area contributed by atoms with Crippen molar-refractivity contribution in [3.63, 3.8) is 0 Å². The molecule has 0 bridgehead atoms. The van der Waals surface area contributed by atoms with Crippen molar-refractivity contribution in [3.8, 4) is 0 Å². The summed E-state index contributed by atoms with van der Waals surface area (Å²) in [5.74, 6) is 0.687. The predicted octanol–water partition coefficient (Wildman–Crippen LogP) is 3.88. The van der Waals surface area contributed by atoms with Crippen molar-refractivity contribution in [2.45, 2.75) is 20.8 Å². The second-order valence-corrected chi connectivity index (χ2v) is 5.44. The summed E-state index contributed by atoms with van der Waals surface area (Å²) in [5, 5.41) is 4.66. The Morgan fingerprint density at radius 2 is 2.05 bits per heavy atom. The van der Waals surface area contributed by atoms with Crippen LogP contribution in [0.25, 0.3) is 17.0 Å². The van der Waals surface area contributed by atoms with E-state index in [4.69, 9.17) is 0 Å². The molecule has 0 amide bonds. The van der Waals surface area contributed by atoms with Gasteiger partial charge in [0.1, 0.15) is 0 Å².